The van der Waals surface area contributed by atoms with Gasteiger partial charge in [-0.05, 0) is 25.1 Å². The van der Waals surface area contributed by atoms with Crippen LogP contribution in [0, 0.1) is 6.92 Å². The van der Waals surface area contributed by atoms with Crippen LogP contribution in [0.15, 0.2) is 48.8 Å². The number of aromatic nitrogens is 3. The van der Waals surface area contributed by atoms with E-state index in [1.54, 1.807) is 64.1 Å². The number of aromatic amines is 1. The van der Waals surface area contributed by atoms with E-state index in [9.17, 15) is 4.79 Å². The van der Waals surface area contributed by atoms with Gasteiger partial charge in [0, 0.05) is 41.0 Å². The minimum Gasteiger partial charge on any atom is -0.496 e. The Kier molecular flexibility index (Phi) is 6.30. The zero-order chi connectivity index (χ0) is 23.4. The van der Waals surface area contributed by atoms with Crippen LogP contribution < -0.4 is 24.3 Å². The van der Waals surface area contributed by atoms with Crippen LogP contribution in [0.5, 0.6) is 28.7 Å². The number of nitrogens with zero attached hydrogens (tertiary/aromatic N) is 2. The molecule has 4 rings (SSSR count). The number of carbonyl (C=O) groups is 1. The van der Waals surface area contributed by atoms with Crippen LogP contribution >= 0.6 is 0 Å². The highest BCUT2D eigenvalue weighted by Crippen LogP contribution is 2.37. The Labute approximate surface area is 190 Å². The summed E-state index contributed by atoms with van der Waals surface area (Å²) < 4.78 is 22.4. The van der Waals surface area contributed by atoms with E-state index in [4.69, 9.17) is 18.9 Å². The molecule has 1 amide bonds. The van der Waals surface area contributed by atoms with Crippen LogP contribution in [0.3, 0.4) is 0 Å². The molecular formula is C24H24N4O5. The molecule has 0 unspecified atom stereocenters. The molecule has 4 aromatic rings. The topological polar surface area (TPSA) is 108 Å². The third-order valence-electron chi connectivity index (χ3n) is 5.13. The average molecular weight is 448 g/mol. The van der Waals surface area contributed by atoms with Gasteiger partial charge in [-0.25, -0.2) is 0 Å². The fourth-order valence-electron chi connectivity index (χ4n) is 3.42. The van der Waals surface area contributed by atoms with Crippen molar-refractivity contribution in [3.63, 3.8) is 0 Å². The first-order valence-corrected chi connectivity index (χ1v) is 10.2. The SMILES string of the molecule is COc1cc(Oc2ccnc3cc(OC)c(OC)cc23)ccc1CC(=O)Nc1n[nH]cc1C. The summed E-state index contributed by atoms with van der Waals surface area (Å²) in [6.45, 7) is 1.86. The van der Waals surface area contributed by atoms with Crippen molar-refractivity contribution in [1.29, 1.82) is 0 Å². The van der Waals surface area contributed by atoms with Gasteiger partial charge in [0.25, 0.3) is 0 Å². The maximum Gasteiger partial charge on any atom is 0.230 e. The molecule has 0 aliphatic carbocycles. The molecule has 170 valence electrons. The molecule has 2 aromatic heterocycles. The molecule has 0 atom stereocenters. The van der Waals surface area contributed by atoms with E-state index in [0.717, 1.165) is 16.5 Å². The quantitative estimate of drug-likeness (QED) is 0.415. The van der Waals surface area contributed by atoms with E-state index in [-0.39, 0.29) is 12.3 Å². The van der Waals surface area contributed by atoms with Gasteiger partial charge in [0.05, 0.1) is 33.3 Å². The van der Waals surface area contributed by atoms with Gasteiger partial charge >= 0.3 is 0 Å². The third-order valence-corrected chi connectivity index (χ3v) is 5.13. The second-order valence-electron chi connectivity index (χ2n) is 7.25. The number of pyridine rings is 1. The Morgan fingerprint density at radius 2 is 1.73 bits per heavy atom. The van der Waals surface area contributed by atoms with E-state index >= 15 is 0 Å². The molecular weight excluding hydrogens is 424 g/mol. The van der Waals surface area contributed by atoms with Crippen molar-refractivity contribution in [1.82, 2.24) is 15.2 Å². The lowest BCUT2D eigenvalue weighted by atomic mass is 10.1. The van der Waals surface area contributed by atoms with Gasteiger partial charge in [-0.15, -0.1) is 0 Å². The maximum absolute atomic E-state index is 12.5. The van der Waals surface area contributed by atoms with E-state index in [0.29, 0.717) is 40.1 Å². The van der Waals surface area contributed by atoms with Crippen molar-refractivity contribution in [2.75, 3.05) is 26.6 Å². The Bertz CT molecular complexity index is 1300. The van der Waals surface area contributed by atoms with Crippen molar-refractivity contribution >= 4 is 22.6 Å². The van der Waals surface area contributed by atoms with Gasteiger partial charge in [-0.2, -0.15) is 5.10 Å². The molecule has 9 heteroatoms. The Balaban J connectivity index is 1.57. The first-order valence-electron chi connectivity index (χ1n) is 10.2. The van der Waals surface area contributed by atoms with E-state index < -0.39 is 0 Å². The molecule has 0 fully saturated rings. The summed E-state index contributed by atoms with van der Waals surface area (Å²) in [5.41, 5.74) is 2.29. The van der Waals surface area contributed by atoms with Crippen molar-refractivity contribution in [2.45, 2.75) is 13.3 Å². The molecule has 9 nitrogen and oxygen atoms in total. The summed E-state index contributed by atoms with van der Waals surface area (Å²) in [6.07, 6.45) is 3.51. The first kappa shape index (κ1) is 21.9. The number of hydrogen-bond donors (Lipinski definition) is 2. The average Bonchev–Trinajstić information content (AvgIpc) is 3.23. The summed E-state index contributed by atoms with van der Waals surface area (Å²) in [7, 11) is 4.71. The van der Waals surface area contributed by atoms with E-state index in [1.165, 1.54) is 0 Å². The summed E-state index contributed by atoms with van der Waals surface area (Å²) in [6, 6.07) is 10.7. The highest BCUT2D eigenvalue weighted by Gasteiger charge is 2.15. The summed E-state index contributed by atoms with van der Waals surface area (Å²) in [5.74, 6) is 3.18. The highest BCUT2D eigenvalue weighted by molar-refractivity contribution is 5.92. The molecule has 0 saturated carbocycles. The van der Waals surface area contributed by atoms with Crippen LogP contribution in [-0.2, 0) is 11.2 Å². The van der Waals surface area contributed by atoms with Crippen LogP contribution in [-0.4, -0.2) is 42.4 Å². The lowest BCUT2D eigenvalue weighted by Crippen LogP contribution is -2.15. The number of aryl methyl sites for hydroxylation is 1. The smallest absolute Gasteiger partial charge is 0.230 e. The van der Waals surface area contributed by atoms with Gasteiger partial charge in [0.2, 0.25) is 5.91 Å². The summed E-state index contributed by atoms with van der Waals surface area (Å²) in [5, 5.41) is 10.3. The standard InChI is InChI=1S/C24H24N4O5/c1-14-13-26-28-24(14)27-23(29)9-15-5-6-16(10-20(15)30-2)33-19-7-8-25-18-12-22(32-4)21(31-3)11-17(18)19/h5-8,10-13H,9H2,1-4H3,(H2,26,27,28,29). The van der Waals surface area contributed by atoms with Gasteiger partial charge in [0.1, 0.15) is 17.2 Å². The number of hydrogen-bond acceptors (Lipinski definition) is 7. The molecule has 0 bridgehead atoms. The molecule has 2 N–H and O–H groups in total. The number of amides is 1. The Morgan fingerprint density at radius 1 is 0.970 bits per heavy atom. The fraction of sp³-hybridized carbons (Fsp3) is 0.208. The predicted molar refractivity (Wildman–Crippen MR) is 124 cm³/mol. The zero-order valence-electron chi connectivity index (χ0n) is 18.8. The number of nitrogens with one attached hydrogen (secondary N) is 2. The molecule has 2 heterocycles. The van der Waals surface area contributed by atoms with Crippen molar-refractivity contribution in [2.24, 2.45) is 0 Å². The third kappa shape index (κ3) is 4.67. The number of methoxy groups -OCH3 is 3. The Morgan fingerprint density at radius 3 is 2.42 bits per heavy atom. The number of benzene rings is 2. The van der Waals surface area contributed by atoms with Gasteiger partial charge < -0.3 is 24.3 Å². The van der Waals surface area contributed by atoms with Crippen LogP contribution in [0.4, 0.5) is 5.82 Å². The maximum atomic E-state index is 12.5. The van der Waals surface area contributed by atoms with E-state index in [2.05, 4.69) is 20.5 Å². The number of carbonyl (C=O) groups excluding carboxylic acids is 1. The number of fused-ring (bicyclic) bond motifs is 1. The van der Waals surface area contributed by atoms with Crippen LogP contribution in [0.25, 0.3) is 10.9 Å². The number of H-pyrrole nitrogens is 1. The van der Waals surface area contributed by atoms with Crippen LogP contribution in [0.2, 0.25) is 0 Å². The second kappa shape index (κ2) is 9.47. The predicted octanol–water partition coefficient (Wildman–Crippen LogP) is 4.27. The minimum atomic E-state index is -0.196. The molecule has 0 radical (unpaired) electrons. The van der Waals surface area contributed by atoms with Crippen molar-refractivity contribution < 1.29 is 23.7 Å². The number of ether oxygens (including phenoxy) is 4. The lowest BCUT2D eigenvalue weighted by molar-refractivity contribution is -0.115. The van der Waals surface area contributed by atoms with Crippen LogP contribution in [0.1, 0.15) is 11.1 Å². The van der Waals surface area contributed by atoms with Crippen molar-refractivity contribution in [3.05, 3.63) is 59.9 Å². The number of anilines is 1. The molecule has 0 aliphatic rings. The summed E-state index contributed by atoms with van der Waals surface area (Å²) >= 11 is 0. The lowest BCUT2D eigenvalue weighted by Gasteiger charge is -2.14. The van der Waals surface area contributed by atoms with E-state index in [1.807, 2.05) is 13.0 Å². The van der Waals surface area contributed by atoms with Gasteiger partial charge in [-0.1, -0.05) is 6.07 Å². The van der Waals surface area contributed by atoms with Gasteiger partial charge in [-0.3, -0.25) is 14.9 Å². The largest absolute Gasteiger partial charge is 0.496 e. The zero-order valence-corrected chi connectivity index (χ0v) is 18.8. The first-order chi connectivity index (χ1) is 16.0. The minimum absolute atomic E-state index is 0.130. The van der Waals surface area contributed by atoms with Crippen molar-refractivity contribution in [3.8, 4) is 28.7 Å². The molecule has 2 aromatic carbocycles. The van der Waals surface area contributed by atoms with Gasteiger partial charge in [0.15, 0.2) is 17.3 Å². The summed E-state index contributed by atoms with van der Waals surface area (Å²) in [4.78, 5) is 16.8. The monoisotopic (exact) mass is 448 g/mol. The normalized spacial score (nSPS) is 10.7. The highest BCUT2D eigenvalue weighted by atomic mass is 16.5. The second-order valence-corrected chi connectivity index (χ2v) is 7.25. The molecule has 0 aliphatic heterocycles. The fourth-order valence-corrected chi connectivity index (χ4v) is 3.42. The number of rotatable bonds is 8. The molecule has 0 spiro atoms. The Hall–Kier alpha value is -4.27. The molecule has 33 heavy (non-hydrogen) atoms. The molecule has 0 saturated heterocycles.